The highest BCUT2D eigenvalue weighted by atomic mass is 35.5. The van der Waals surface area contributed by atoms with Crippen molar-refractivity contribution in [1.82, 2.24) is 14.5 Å². The number of piperazine rings is 1. The van der Waals surface area contributed by atoms with E-state index in [9.17, 15) is 16.8 Å². The van der Waals surface area contributed by atoms with Crippen molar-refractivity contribution in [2.45, 2.75) is 29.2 Å². The highest BCUT2D eigenvalue weighted by molar-refractivity contribution is 7.91. The first-order valence-corrected chi connectivity index (χ1v) is 11.7. The lowest BCUT2D eigenvalue weighted by atomic mass is 10.2. The van der Waals surface area contributed by atoms with E-state index >= 15 is 0 Å². The first kappa shape index (κ1) is 21.6. The van der Waals surface area contributed by atoms with E-state index in [1.54, 1.807) is 6.92 Å². The highest BCUT2D eigenvalue weighted by Gasteiger charge is 2.35. The summed E-state index contributed by atoms with van der Waals surface area (Å²) in [5.41, 5.74) is 0. The normalized spacial score (nSPS) is 22.9. The number of benzene rings is 1. The maximum Gasteiger partial charge on any atom is 0.243 e. The first-order chi connectivity index (χ1) is 11.8. The molecule has 1 unspecified atom stereocenters. The molecule has 1 aromatic carbocycles. The van der Waals surface area contributed by atoms with E-state index in [1.807, 2.05) is 0 Å². The number of sulfonamides is 1. The number of hydrogen-bond donors (Lipinski definition) is 1. The van der Waals surface area contributed by atoms with Crippen LogP contribution in [-0.4, -0.2) is 77.1 Å². The maximum absolute atomic E-state index is 12.9. The van der Waals surface area contributed by atoms with Gasteiger partial charge in [-0.3, -0.25) is 4.90 Å². The molecule has 0 spiro atoms. The zero-order valence-electron chi connectivity index (χ0n) is 14.8. The molecule has 1 N–H and O–H groups in total. The Hall–Kier alpha value is -0.710. The van der Waals surface area contributed by atoms with Crippen LogP contribution < -0.4 is 5.32 Å². The number of hydrogen-bond acceptors (Lipinski definition) is 6. The molecule has 10 heteroatoms. The molecule has 2 heterocycles. The van der Waals surface area contributed by atoms with Gasteiger partial charge in [-0.25, -0.2) is 16.8 Å². The average Bonchev–Trinajstić information content (AvgIpc) is 3.13. The molecule has 2 aliphatic heterocycles. The molecule has 2 saturated heterocycles. The third-order valence-electron chi connectivity index (χ3n) is 4.98. The summed E-state index contributed by atoms with van der Waals surface area (Å²) in [5, 5.41) is 3.30. The highest BCUT2D eigenvalue weighted by Crippen LogP contribution is 2.25. The van der Waals surface area contributed by atoms with E-state index < -0.39 is 19.9 Å². The van der Waals surface area contributed by atoms with Crippen LogP contribution in [0.2, 0.25) is 0 Å². The maximum atomic E-state index is 12.9. The molecule has 0 bridgehead atoms. The summed E-state index contributed by atoms with van der Waals surface area (Å²) in [5.74, 6) is -0.0503. The van der Waals surface area contributed by atoms with Crippen molar-refractivity contribution in [2.24, 2.45) is 0 Å². The molecule has 2 aliphatic rings. The number of rotatable bonds is 5. The molecular formula is C16H26ClN3O4S2. The molecule has 148 valence electrons. The predicted molar refractivity (Wildman–Crippen MR) is 103 cm³/mol. The topological polar surface area (TPSA) is 86.8 Å². The zero-order valence-corrected chi connectivity index (χ0v) is 17.2. The Morgan fingerprint density at radius 3 is 2.38 bits per heavy atom. The molecule has 26 heavy (non-hydrogen) atoms. The SMILES string of the molecule is CCS(=O)(=O)c1cccc(S(=O)(=O)N2CCC(N3CCNCC3)C2)c1.Cl. The van der Waals surface area contributed by atoms with Gasteiger partial charge >= 0.3 is 0 Å². The van der Waals surface area contributed by atoms with Gasteiger partial charge in [-0.15, -0.1) is 12.4 Å². The second kappa shape index (κ2) is 8.53. The quantitative estimate of drug-likeness (QED) is 0.745. The smallest absolute Gasteiger partial charge is 0.243 e. The van der Waals surface area contributed by atoms with Crippen molar-refractivity contribution in [3.63, 3.8) is 0 Å². The van der Waals surface area contributed by atoms with Crippen LogP contribution in [0.4, 0.5) is 0 Å². The molecule has 0 aliphatic carbocycles. The minimum absolute atomic E-state index is 0. The van der Waals surface area contributed by atoms with Gasteiger partial charge in [-0.2, -0.15) is 4.31 Å². The van der Waals surface area contributed by atoms with Crippen LogP contribution >= 0.6 is 12.4 Å². The Morgan fingerprint density at radius 2 is 1.73 bits per heavy atom. The minimum Gasteiger partial charge on any atom is -0.314 e. The Morgan fingerprint density at radius 1 is 1.08 bits per heavy atom. The van der Waals surface area contributed by atoms with E-state index in [2.05, 4.69) is 10.2 Å². The van der Waals surface area contributed by atoms with Crippen molar-refractivity contribution in [2.75, 3.05) is 45.0 Å². The summed E-state index contributed by atoms with van der Waals surface area (Å²) < 4.78 is 51.4. The molecule has 7 nitrogen and oxygen atoms in total. The Labute approximate surface area is 162 Å². The molecule has 2 fully saturated rings. The lowest BCUT2D eigenvalue weighted by Crippen LogP contribution is -2.49. The van der Waals surface area contributed by atoms with Crippen LogP contribution in [0.15, 0.2) is 34.1 Å². The molecule has 0 amide bonds. The first-order valence-electron chi connectivity index (χ1n) is 8.62. The van der Waals surface area contributed by atoms with Crippen LogP contribution in [0, 0.1) is 0 Å². The lowest BCUT2D eigenvalue weighted by Gasteiger charge is -2.32. The fourth-order valence-electron chi connectivity index (χ4n) is 3.42. The van der Waals surface area contributed by atoms with Gasteiger partial charge < -0.3 is 5.32 Å². The van der Waals surface area contributed by atoms with Gasteiger partial charge in [0.25, 0.3) is 0 Å². The van der Waals surface area contributed by atoms with E-state index in [-0.39, 0.29) is 34.0 Å². The van der Waals surface area contributed by atoms with E-state index in [0.29, 0.717) is 13.1 Å². The Kier molecular flexibility index (Phi) is 7.09. The van der Waals surface area contributed by atoms with Crippen LogP contribution in [0.25, 0.3) is 0 Å². The number of sulfone groups is 1. The van der Waals surface area contributed by atoms with Crippen LogP contribution in [-0.2, 0) is 19.9 Å². The van der Waals surface area contributed by atoms with Crippen LogP contribution in [0.5, 0.6) is 0 Å². The number of halogens is 1. The molecule has 0 aromatic heterocycles. The molecule has 0 radical (unpaired) electrons. The standard InChI is InChI=1S/C16H25N3O4S2.ClH/c1-2-24(20,21)15-4-3-5-16(12-15)25(22,23)19-9-6-14(13-19)18-10-7-17-8-11-18;/h3-5,12,14,17H,2,6-11,13H2,1H3;1H. The second-order valence-corrected chi connectivity index (χ2v) is 10.7. The van der Waals surface area contributed by atoms with Crippen molar-refractivity contribution in [3.05, 3.63) is 24.3 Å². The Bertz CT molecular complexity index is 824. The van der Waals surface area contributed by atoms with Crippen molar-refractivity contribution >= 4 is 32.3 Å². The molecule has 1 atom stereocenters. The number of nitrogens with zero attached hydrogens (tertiary/aromatic N) is 2. The third-order valence-corrected chi connectivity index (χ3v) is 8.57. The molecular weight excluding hydrogens is 398 g/mol. The summed E-state index contributed by atoms with van der Waals surface area (Å²) in [7, 11) is -7.11. The van der Waals surface area contributed by atoms with Crippen molar-refractivity contribution in [3.8, 4) is 0 Å². The summed E-state index contributed by atoms with van der Waals surface area (Å²) >= 11 is 0. The lowest BCUT2D eigenvalue weighted by molar-refractivity contribution is 0.179. The van der Waals surface area contributed by atoms with Crippen molar-refractivity contribution < 1.29 is 16.8 Å². The van der Waals surface area contributed by atoms with Gasteiger partial charge in [0, 0.05) is 45.3 Å². The summed E-state index contributed by atoms with van der Waals surface area (Å²) in [4.78, 5) is 2.46. The Balaban J connectivity index is 0.00000243. The monoisotopic (exact) mass is 423 g/mol. The second-order valence-electron chi connectivity index (χ2n) is 6.47. The third kappa shape index (κ3) is 4.40. The van der Waals surface area contributed by atoms with Gasteiger partial charge in [0.2, 0.25) is 10.0 Å². The fourth-order valence-corrected chi connectivity index (χ4v) is 5.96. The molecule has 3 rings (SSSR count). The summed E-state index contributed by atoms with van der Waals surface area (Å²) in [6.07, 6.45) is 0.812. The van der Waals surface area contributed by atoms with Gasteiger partial charge in [-0.05, 0) is 24.6 Å². The number of nitrogens with one attached hydrogen (secondary N) is 1. The van der Waals surface area contributed by atoms with Crippen LogP contribution in [0.3, 0.4) is 0 Å². The van der Waals surface area contributed by atoms with Gasteiger partial charge in [0.1, 0.15) is 0 Å². The van der Waals surface area contributed by atoms with E-state index in [0.717, 1.165) is 32.6 Å². The van der Waals surface area contributed by atoms with Gasteiger partial charge in [-0.1, -0.05) is 13.0 Å². The van der Waals surface area contributed by atoms with Gasteiger partial charge in [0.15, 0.2) is 9.84 Å². The zero-order chi connectivity index (χ0) is 18.1. The molecule has 0 saturated carbocycles. The molecule has 1 aromatic rings. The largest absolute Gasteiger partial charge is 0.314 e. The summed E-state index contributed by atoms with van der Waals surface area (Å²) in [6.45, 7) is 6.22. The van der Waals surface area contributed by atoms with Crippen LogP contribution in [0.1, 0.15) is 13.3 Å². The van der Waals surface area contributed by atoms with E-state index in [1.165, 1.54) is 28.6 Å². The minimum atomic E-state index is -3.67. The fraction of sp³-hybridized carbons (Fsp3) is 0.625. The average molecular weight is 424 g/mol. The van der Waals surface area contributed by atoms with Crippen molar-refractivity contribution in [1.29, 1.82) is 0 Å². The van der Waals surface area contributed by atoms with Gasteiger partial charge in [0.05, 0.1) is 15.5 Å². The van der Waals surface area contributed by atoms with E-state index in [4.69, 9.17) is 0 Å². The summed E-state index contributed by atoms with van der Waals surface area (Å²) in [6, 6.07) is 5.94. The predicted octanol–water partition coefficient (Wildman–Crippen LogP) is 0.570.